The number of hydrogen-bond acceptors (Lipinski definition) is 1. The average Bonchev–Trinajstić information content (AvgIpc) is 2.96. The molecule has 0 spiro atoms. The smallest absolute Gasteiger partial charge is 0.245 e. The fourth-order valence-electron chi connectivity index (χ4n) is 8.09. The number of hydrogen-bond donors (Lipinski definition) is 0. The number of likely N-dealkylation sites (N-methyl/N-ethyl adjacent to an activating group) is 1. The highest BCUT2D eigenvalue weighted by atomic mass is 19.1. The van der Waals surface area contributed by atoms with Gasteiger partial charge in [0.25, 0.3) is 0 Å². The Balaban J connectivity index is 1.19. The van der Waals surface area contributed by atoms with Crippen molar-refractivity contribution in [3.05, 3.63) is 47.8 Å². The third-order valence-corrected chi connectivity index (χ3v) is 10.8. The van der Waals surface area contributed by atoms with Gasteiger partial charge in [0.15, 0.2) is 0 Å². The summed E-state index contributed by atoms with van der Waals surface area (Å²) in [5.41, 5.74) is 2.24. The summed E-state index contributed by atoms with van der Waals surface area (Å²) in [6.45, 7) is 6.72. The van der Waals surface area contributed by atoms with Crippen molar-refractivity contribution in [1.82, 2.24) is 4.90 Å². The van der Waals surface area contributed by atoms with E-state index in [4.69, 9.17) is 0 Å². The Hall–Kier alpha value is -1.64. The first-order valence-corrected chi connectivity index (χ1v) is 16.1. The molecule has 0 aromatic heterocycles. The minimum atomic E-state index is 0.0295. The van der Waals surface area contributed by atoms with Gasteiger partial charge in [-0.05, 0) is 129 Å². The van der Waals surface area contributed by atoms with E-state index in [0.29, 0.717) is 11.8 Å². The van der Waals surface area contributed by atoms with Crippen LogP contribution in [-0.4, -0.2) is 24.4 Å². The summed E-state index contributed by atoms with van der Waals surface area (Å²) in [4.78, 5) is 13.5. The molecule has 4 rings (SSSR count). The van der Waals surface area contributed by atoms with Gasteiger partial charge in [0, 0.05) is 13.6 Å². The van der Waals surface area contributed by atoms with E-state index in [1.54, 1.807) is 4.90 Å². The number of rotatable bonds is 11. The van der Waals surface area contributed by atoms with Crippen LogP contribution in [0, 0.1) is 29.5 Å². The van der Waals surface area contributed by atoms with E-state index in [0.717, 1.165) is 55.0 Å². The highest BCUT2D eigenvalue weighted by Gasteiger charge is 2.32. The van der Waals surface area contributed by atoms with E-state index >= 15 is 4.39 Å². The molecule has 3 saturated carbocycles. The lowest BCUT2D eigenvalue weighted by atomic mass is 9.68. The summed E-state index contributed by atoms with van der Waals surface area (Å²) in [6, 6.07) is 6.33. The number of benzene rings is 1. The summed E-state index contributed by atoms with van der Waals surface area (Å²) in [5, 5.41) is 0. The lowest BCUT2D eigenvalue weighted by Gasteiger charge is -2.38. The maximum Gasteiger partial charge on any atom is 0.245 e. The molecule has 3 aliphatic carbocycles. The Morgan fingerprint density at radius 1 is 0.868 bits per heavy atom. The zero-order valence-corrected chi connectivity index (χ0v) is 24.4. The van der Waals surface area contributed by atoms with Crippen LogP contribution in [-0.2, 0) is 4.79 Å². The number of carbonyl (C=O) groups excluding carboxylic acids is 1. The van der Waals surface area contributed by atoms with Crippen molar-refractivity contribution in [2.24, 2.45) is 23.7 Å². The molecular formula is C35H54FNO. The SMILES string of the molecule is C=CC(=O)N(C)CCC1CCC(C2CCC(c3ccc(C4CCC(CCCCC)CC4)cc3F)CC2)CC1. The molecule has 1 aromatic rings. The van der Waals surface area contributed by atoms with Crippen molar-refractivity contribution >= 4 is 5.91 Å². The Morgan fingerprint density at radius 3 is 2.05 bits per heavy atom. The predicted molar refractivity (Wildman–Crippen MR) is 158 cm³/mol. The van der Waals surface area contributed by atoms with Crippen LogP contribution in [0.15, 0.2) is 30.9 Å². The van der Waals surface area contributed by atoms with Crippen LogP contribution in [0.3, 0.4) is 0 Å². The van der Waals surface area contributed by atoms with Crippen LogP contribution < -0.4 is 0 Å². The molecule has 3 heteroatoms. The van der Waals surface area contributed by atoms with Crippen LogP contribution in [0.2, 0.25) is 0 Å². The van der Waals surface area contributed by atoms with Crippen LogP contribution in [0.1, 0.15) is 139 Å². The quantitative estimate of drug-likeness (QED) is 0.209. The first kappa shape index (κ1) is 29.3. The summed E-state index contributed by atoms with van der Waals surface area (Å²) in [6.07, 6.45) is 23.2. The number of nitrogens with zero attached hydrogens (tertiary/aromatic N) is 1. The van der Waals surface area contributed by atoms with Crippen LogP contribution >= 0.6 is 0 Å². The summed E-state index contributed by atoms with van der Waals surface area (Å²) < 4.78 is 15.3. The molecule has 212 valence electrons. The third kappa shape index (κ3) is 7.95. The fourth-order valence-corrected chi connectivity index (χ4v) is 8.09. The Bertz CT molecular complexity index is 872. The van der Waals surface area contributed by atoms with Gasteiger partial charge in [0.05, 0.1) is 0 Å². The zero-order chi connectivity index (χ0) is 26.9. The van der Waals surface area contributed by atoms with E-state index in [1.807, 2.05) is 13.1 Å². The van der Waals surface area contributed by atoms with E-state index in [2.05, 4.69) is 25.6 Å². The monoisotopic (exact) mass is 523 g/mol. The van der Waals surface area contributed by atoms with Gasteiger partial charge in [-0.1, -0.05) is 64.2 Å². The maximum absolute atomic E-state index is 15.3. The minimum Gasteiger partial charge on any atom is -0.342 e. The number of carbonyl (C=O) groups is 1. The molecule has 0 heterocycles. The second-order valence-corrected chi connectivity index (χ2v) is 13.1. The van der Waals surface area contributed by atoms with Crippen molar-refractivity contribution in [2.75, 3.05) is 13.6 Å². The van der Waals surface area contributed by atoms with Gasteiger partial charge in [-0.15, -0.1) is 0 Å². The van der Waals surface area contributed by atoms with Gasteiger partial charge in [0.1, 0.15) is 5.82 Å². The molecule has 1 aromatic carbocycles. The van der Waals surface area contributed by atoms with Crippen molar-refractivity contribution in [3.8, 4) is 0 Å². The second-order valence-electron chi connectivity index (χ2n) is 13.1. The van der Waals surface area contributed by atoms with E-state index in [-0.39, 0.29) is 11.7 Å². The second kappa shape index (κ2) is 14.7. The maximum atomic E-state index is 15.3. The minimum absolute atomic E-state index is 0.0295. The Kier molecular flexibility index (Phi) is 11.3. The molecule has 0 aliphatic heterocycles. The molecule has 3 aliphatic rings. The number of halogens is 1. The fraction of sp³-hybridized carbons (Fsp3) is 0.743. The van der Waals surface area contributed by atoms with E-state index < -0.39 is 0 Å². The molecular weight excluding hydrogens is 469 g/mol. The lowest BCUT2D eigenvalue weighted by molar-refractivity contribution is -0.124. The normalized spacial score (nSPS) is 30.1. The topological polar surface area (TPSA) is 20.3 Å². The van der Waals surface area contributed by atoms with Gasteiger partial charge in [-0.3, -0.25) is 4.79 Å². The molecule has 0 N–H and O–H groups in total. The predicted octanol–water partition coefficient (Wildman–Crippen LogP) is 9.79. The van der Waals surface area contributed by atoms with Crippen LogP contribution in [0.5, 0.6) is 0 Å². The standard InChI is InChI=1S/C35H54FNO/c1-4-6-7-8-26-9-15-30(16-10-26)32-21-22-33(34(36)25-32)31-19-17-29(18-20-31)28-13-11-27(12-14-28)23-24-37(3)35(38)5-2/h5,21-22,25-31H,2,4,6-20,23-24H2,1,3H3. The van der Waals surface area contributed by atoms with Gasteiger partial charge in [-0.25, -0.2) is 4.39 Å². The first-order valence-electron chi connectivity index (χ1n) is 16.1. The molecule has 0 saturated heterocycles. The van der Waals surface area contributed by atoms with E-state index in [9.17, 15) is 4.79 Å². The third-order valence-electron chi connectivity index (χ3n) is 10.8. The van der Waals surface area contributed by atoms with Gasteiger partial charge in [-0.2, -0.15) is 0 Å². The molecule has 2 nitrogen and oxygen atoms in total. The number of amides is 1. The molecule has 0 unspecified atom stereocenters. The van der Waals surface area contributed by atoms with Crippen molar-refractivity contribution < 1.29 is 9.18 Å². The highest BCUT2D eigenvalue weighted by molar-refractivity contribution is 5.86. The summed E-state index contributed by atoms with van der Waals surface area (Å²) >= 11 is 0. The lowest BCUT2D eigenvalue weighted by Crippen LogP contribution is -2.29. The van der Waals surface area contributed by atoms with Crippen molar-refractivity contribution in [3.63, 3.8) is 0 Å². The molecule has 0 bridgehead atoms. The zero-order valence-electron chi connectivity index (χ0n) is 24.4. The van der Waals surface area contributed by atoms with Gasteiger partial charge >= 0.3 is 0 Å². The molecule has 38 heavy (non-hydrogen) atoms. The van der Waals surface area contributed by atoms with E-state index in [1.165, 1.54) is 102 Å². The molecule has 0 radical (unpaired) electrons. The average molecular weight is 524 g/mol. The molecule has 0 atom stereocenters. The van der Waals surface area contributed by atoms with Crippen LogP contribution in [0.25, 0.3) is 0 Å². The molecule has 3 fully saturated rings. The largest absolute Gasteiger partial charge is 0.342 e. The summed E-state index contributed by atoms with van der Waals surface area (Å²) in [5.74, 6) is 4.40. The Morgan fingerprint density at radius 2 is 1.45 bits per heavy atom. The van der Waals surface area contributed by atoms with Crippen molar-refractivity contribution in [1.29, 1.82) is 0 Å². The van der Waals surface area contributed by atoms with Crippen molar-refractivity contribution in [2.45, 2.75) is 128 Å². The molecule has 1 amide bonds. The first-order chi connectivity index (χ1) is 18.5. The van der Waals surface area contributed by atoms with Gasteiger partial charge < -0.3 is 4.90 Å². The van der Waals surface area contributed by atoms with Crippen LogP contribution in [0.4, 0.5) is 4.39 Å². The highest BCUT2D eigenvalue weighted by Crippen LogP contribution is 2.45. The Labute approximate surface area is 232 Å². The summed E-state index contributed by atoms with van der Waals surface area (Å²) in [7, 11) is 1.88. The van der Waals surface area contributed by atoms with Gasteiger partial charge in [0.2, 0.25) is 5.91 Å². The number of unbranched alkanes of at least 4 members (excludes halogenated alkanes) is 2.